The number of esters is 1. The molecule has 1 heterocycles. The molecule has 0 aliphatic heterocycles. The first kappa shape index (κ1) is 20.3. The lowest BCUT2D eigenvalue weighted by atomic mass is 9.91. The van der Waals surface area contributed by atoms with Gasteiger partial charge in [-0.2, -0.15) is 0 Å². The van der Waals surface area contributed by atoms with Crippen molar-refractivity contribution < 1.29 is 14.3 Å². The fraction of sp³-hybridized carbons (Fsp3) is 0.115. The van der Waals surface area contributed by atoms with Gasteiger partial charge >= 0.3 is 5.97 Å². The molecule has 4 rings (SSSR count). The molecule has 0 saturated carbocycles. The van der Waals surface area contributed by atoms with Crippen molar-refractivity contribution in [2.75, 3.05) is 7.11 Å². The number of benzene rings is 3. The number of nitrogens with zero attached hydrogens (tertiary/aromatic N) is 1. The van der Waals surface area contributed by atoms with Crippen molar-refractivity contribution >= 4 is 22.8 Å². The minimum Gasteiger partial charge on any atom is -0.467 e. The molecule has 0 aliphatic rings. The van der Waals surface area contributed by atoms with Gasteiger partial charge in [0.25, 0.3) is 5.91 Å². The van der Waals surface area contributed by atoms with E-state index in [1.807, 2.05) is 72.8 Å². The van der Waals surface area contributed by atoms with Crippen LogP contribution in [-0.4, -0.2) is 24.0 Å². The van der Waals surface area contributed by atoms with Gasteiger partial charge in [-0.05, 0) is 24.6 Å². The largest absolute Gasteiger partial charge is 0.467 e. The highest BCUT2D eigenvalue weighted by atomic mass is 16.5. The number of pyridine rings is 1. The lowest BCUT2D eigenvalue weighted by molar-refractivity contribution is -0.147. The standard InChI is InChI=1S/C26H22N2O3/c1-26(25(30)31-2,19-13-7-4-8-14-19)28-24(29)21-17-23(18-11-5-3-6-12-18)27-22-16-10-9-15-20(21)22/h3-17H,1-2H3,(H,28,29)/t26-/m1/s1. The number of rotatable bonds is 5. The van der Waals surface area contributed by atoms with Crippen LogP contribution in [0.15, 0.2) is 91.0 Å². The number of ether oxygens (including phenoxy) is 1. The number of carbonyl (C=O) groups excluding carboxylic acids is 2. The maximum Gasteiger partial charge on any atom is 0.336 e. The van der Waals surface area contributed by atoms with Crippen LogP contribution in [0.3, 0.4) is 0 Å². The van der Waals surface area contributed by atoms with E-state index < -0.39 is 11.5 Å². The van der Waals surface area contributed by atoms with Crippen LogP contribution >= 0.6 is 0 Å². The number of methoxy groups -OCH3 is 1. The van der Waals surface area contributed by atoms with Crippen LogP contribution in [0.5, 0.6) is 0 Å². The van der Waals surface area contributed by atoms with E-state index in [4.69, 9.17) is 9.72 Å². The zero-order chi connectivity index (χ0) is 21.8. The molecule has 0 fully saturated rings. The summed E-state index contributed by atoms with van der Waals surface area (Å²) in [6.45, 7) is 1.65. The quantitative estimate of drug-likeness (QED) is 0.484. The molecule has 0 spiro atoms. The van der Waals surface area contributed by atoms with Crippen LogP contribution in [0.1, 0.15) is 22.8 Å². The molecule has 1 aromatic heterocycles. The first-order valence-corrected chi connectivity index (χ1v) is 9.94. The van der Waals surface area contributed by atoms with E-state index in [1.54, 1.807) is 25.1 Å². The number of hydrogen-bond acceptors (Lipinski definition) is 4. The Hall–Kier alpha value is -3.99. The second kappa shape index (κ2) is 8.40. The highest BCUT2D eigenvalue weighted by Crippen LogP contribution is 2.27. The highest BCUT2D eigenvalue weighted by molar-refractivity contribution is 6.08. The maximum atomic E-state index is 13.5. The fourth-order valence-corrected chi connectivity index (χ4v) is 3.63. The molecule has 3 aromatic carbocycles. The third-order valence-corrected chi connectivity index (χ3v) is 5.34. The van der Waals surface area contributed by atoms with Gasteiger partial charge < -0.3 is 10.1 Å². The highest BCUT2D eigenvalue weighted by Gasteiger charge is 2.38. The van der Waals surface area contributed by atoms with Gasteiger partial charge in [0, 0.05) is 10.9 Å². The Kier molecular flexibility index (Phi) is 5.50. The minimum atomic E-state index is -1.34. The molecule has 1 amide bonds. The lowest BCUT2D eigenvalue weighted by Gasteiger charge is -2.28. The van der Waals surface area contributed by atoms with Crippen molar-refractivity contribution in [1.29, 1.82) is 0 Å². The van der Waals surface area contributed by atoms with Crippen LogP contribution in [0.2, 0.25) is 0 Å². The second-order valence-electron chi connectivity index (χ2n) is 7.37. The van der Waals surface area contributed by atoms with Crippen LogP contribution < -0.4 is 5.32 Å². The molecular formula is C26H22N2O3. The van der Waals surface area contributed by atoms with Gasteiger partial charge in [0.15, 0.2) is 5.54 Å². The molecule has 0 radical (unpaired) electrons. The summed E-state index contributed by atoms with van der Waals surface area (Å²) in [5.41, 5.74) is 2.02. The van der Waals surface area contributed by atoms with Crippen molar-refractivity contribution in [3.8, 4) is 11.3 Å². The number of aromatic nitrogens is 1. The van der Waals surface area contributed by atoms with Gasteiger partial charge in [0.2, 0.25) is 0 Å². The number of amides is 1. The number of fused-ring (bicyclic) bond motifs is 1. The Morgan fingerprint density at radius 1 is 0.871 bits per heavy atom. The van der Waals surface area contributed by atoms with E-state index in [0.717, 1.165) is 5.56 Å². The monoisotopic (exact) mass is 410 g/mol. The second-order valence-corrected chi connectivity index (χ2v) is 7.37. The smallest absolute Gasteiger partial charge is 0.336 e. The van der Waals surface area contributed by atoms with Crippen molar-refractivity contribution in [3.05, 3.63) is 102 Å². The average molecular weight is 410 g/mol. The fourth-order valence-electron chi connectivity index (χ4n) is 3.63. The van der Waals surface area contributed by atoms with E-state index >= 15 is 0 Å². The summed E-state index contributed by atoms with van der Waals surface area (Å²) < 4.78 is 5.02. The SMILES string of the molecule is COC(=O)[C@](C)(NC(=O)c1cc(-c2ccccc2)nc2ccccc12)c1ccccc1. The summed E-state index contributed by atoms with van der Waals surface area (Å²) in [4.78, 5) is 30.9. The zero-order valence-electron chi connectivity index (χ0n) is 17.3. The number of carbonyl (C=O) groups is 2. The average Bonchev–Trinajstić information content (AvgIpc) is 2.83. The first-order chi connectivity index (χ1) is 15.0. The molecule has 0 unspecified atom stereocenters. The Labute approximate surface area is 180 Å². The molecule has 1 atom stereocenters. The summed E-state index contributed by atoms with van der Waals surface area (Å²) in [7, 11) is 1.31. The molecule has 5 nitrogen and oxygen atoms in total. The third-order valence-electron chi connectivity index (χ3n) is 5.34. The maximum absolute atomic E-state index is 13.5. The lowest BCUT2D eigenvalue weighted by Crippen LogP contribution is -2.50. The Bertz CT molecular complexity index is 1240. The third kappa shape index (κ3) is 3.90. The first-order valence-electron chi connectivity index (χ1n) is 9.94. The summed E-state index contributed by atoms with van der Waals surface area (Å²) in [6, 6.07) is 28.0. The molecule has 154 valence electrons. The summed E-state index contributed by atoms with van der Waals surface area (Å²) in [6.07, 6.45) is 0. The van der Waals surface area contributed by atoms with Gasteiger partial charge in [-0.1, -0.05) is 78.9 Å². The van der Waals surface area contributed by atoms with Crippen LogP contribution in [0.25, 0.3) is 22.2 Å². The zero-order valence-corrected chi connectivity index (χ0v) is 17.3. The van der Waals surface area contributed by atoms with Gasteiger partial charge in [-0.15, -0.1) is 0 Å². The van der Waals surface area contributed by atoms with E-state index in [0.29, 0.717) is 27.7 Å². The summed E-state index contributed by atoms with van der Waals surface area (Å²) in [5.74, 6) is -0.929. The predicted molar refractivity (Wildman–Crippen MR) is 120 cm³/mol. The van der Waals surface area contributed by atoms with Gasteiger partial charge in [0.05, 0.1) is 23.9 Å². The topological polar surface area (TPSA) is 68.3 Å². The molecule has 0 saturated heterocycles. The van der Waals surface area contributed by atoms with Crippen LogP contribution in [0, 0.1) is 0 Å². The van der Waals surface area contributed by atoms with Gasteiger partial charge in [0.1, 0.15) is 0 Å². The normalized spacial score (nSPS) is 12.7. The van der Waals surface area contributed by atoms with Crippen molar-refractivity contribution in [2.24, 2.45) is 0 Å². The molecular weight excluding hydrogens is 388 g/mol. The summed E-state index contributed by atoms with van der Waals surface area (Å²) >= 11 is 0. The number of nitrogens with one attached hydrogen (secondary N) is 1. The van der Waals surface area contributed by atoms with Gasteiger partial charge in [-0.25, -0.2) is 9.78 Å². The molecule has 4 aromatic rings. The molecule has 0 bridgehead atoms. The van der Waals surface area contributed by atoms with E-state index in [9.17, 15) is 9.59 Å². The van der Waals surface area contributed by atoms with E-state index in [1.165, 1.54) is 7.11 Å². The Morgan fingerprint density at radius 2 is 1.48 bits per heavy atom. The van der Waals surface area contributed by atoms with Crippen LogP contribution in [0.4, 0.5) is 0 Å². The van der Waals surface area contributed by atoms with Crippen molar-refractivity contribution in [2.45, 2.75) is 12.5 Å². The van der Waals surface area contributed by atoms with Gasteiger partial charge in [-0.3, -0.25) is 4.79 Å². The Morgan fingerprint density at radius 3 is 2.16 bits per heavy atom. The number of hydrogen-bond donors (Lipinski definition) is 1. The number of para-hydroxylation sites is 1. The molecule has 1 N–H and O–H groups in total. The van der Waals surface area contributed by atoms with Crippen molar-refractivity contribution in [3.63, 3.8) is 0 Å². The minimum absolute atomic E-state index is 0.382. The van der Waals surface area contributed by atoms with Crippen molar-refractivity contribution in [1.82, 2.24) is 10.3 Å². The van der Waals surface area contributed by atoms with Crippen LogP contribution in [-0.2, 0) is 15.1 Å². The van der Waals surface area contributed by atoms with E-state index in [2.05, 4.69) is 5.32 Å². The predicted octanol–water partition coefficient (Wildman–Crippen LogP) is 4.72. The summed E-state index contributed by atoms with van der Waals surface area (Å²) in [5, 5.41) is 3.61. The Balaban J connectivity index is 1.82. The molecule has 31 heavy (non-hydrogen) atoms. The molecule has 5 heteroatoms. The van der Waals surface area contributed by atoms with E-state index in [-0.39, 0.29) is 5.91 Å². The molecule has 0 aliphatic carbocycles.